The van der Waals surface area contributed by atoms with Gasteiger partial charge in [-0.2, -0.15) is 4.31 Å². The van der Waals surface area contributed by atoms with Crippen molar-refractivity contribution in [3.63, 3.8) is 0 Å². The number of nitrogens with one attached hydrogen (secondary N) is 1. The molecule has 2 aromatic carbocycles. The third-order valence-corrected chi connectivity index (χ3v) is 12.2. The number of urea groups is 1. The fourth-order valence-corrected chi connectivity index (χ4v) is 8.90. The molecular weight excluding hydrogens is 727 g/mol. The van der Waals surface area contributed by atoms with Gasteiger partial charge in [-0.1, -0.05) is 87.8 Å². The Morgan fingerprint density at radius 1 is 1.04 bits per heavy atom. The topological polar surface area (TPSA) is 169 Å². The summed E-state index contributed by atoms with van der Waals surface area (Å²) in [7, 11) is -4.07. The number of oxime groups is 1. The van der Waals surface area contributed by atoms with Gasteiger partial charge in [-0.3, -0.25) is 9.78 Å². The summed E-state index contributed by atoms with van der Waals surface area (Å²) in [4.78, 5) is 40.6. The molecule has 0 aliphatic carbocycles. The zero-order chi connectivity index (χ0) is 38.8. The normalized spacial score (nSPS) is 15.9. The van der Waals surface area contributed by atoms with E-state index >= 15 is 0 Å². The first-order valence-corrected chi connectivity index (χ1v) is 20.4. The molecule has 54 heavy (non-hydrogen) atoms. The second-order valence-electron chi connectivity index (χ2n) is 14.0. The first kappa shape index (κ1) is 40.5. The molecule has 4 atom stereocenters. The van der Waals surface area contributed by atoms with Crippen LogP contribution in [-0.2, 0) is 27.8 Å². The van der Waals surface area contributed by atoms with Gasteiger partial charge in [0.1, 0.15) is 11.0 Å². The zero-order valence-electron chi connectivity index (χ0n) is 31.0. The number of carbonyl (C=O) groups is 2. The van der Waals surface area contributed by atoms with Gasteiger partial charge in [0.25, 0.3) is 0 Å². The highest BCUT2D eigenvalue weighted by molar-refractivity contribution is 7.89. The third-order valence-electron chi connectivity index (χ3n) is 9.48. The van der Waals surface area contributed by atoms with Crippen LogP contribution in [0.3, 0.4) is 0 Å². The Balaban J connectivity index is 1.36. The summed E-state index contributed by atoms with van der Waals surface area (Å²) in [5.74, 6) is -0.695. The van der Waals surface area contributed by atoms with Gasteiger partial charge in [-0.15, -0.1) is 11.3 Å². The number of hydrogen-bond acceptors (Lipinski definition) is 10. The monoisotopic (exact) mass is 775 g/mol. The number of pyridine rings is 1. The SMILES string of the molecule is CC[C@H](C)[C@@H](C(=O)N[C@@H](Cc1ccccc1)[C@H](O)CN(CC(C)C)S(=O)(=O)c1ccc(/C=N/O)cc1)N1CCN(Cc2csc(-c3ccccn3)n2)C1=O. The van der Waals surface area contributed by atoms with Crippen molar-refractivity contribution >= 4 is 39.5 Å². The molecule has 3 amide bonds. The Labute approximate surface area is 321 Å². The van der Waals surface area contributed by atoms with Gasteiger partial charge in [-0.25, -0.2) is 18.2 Å². The molecule has 13 nitrogen and oxygen atoms in total. The van der Waals surface area contributed by atoms with E-state index in [0.29, 0.717) is 31.6 Å². The van der Waals surface area contributed by atoms with Gasteiger partial charge < -0.3 is 25.4 Å². The molecule has 3 N–H and O–H groups in total. The molecule has 288 valence electrons. The quantitative estimate of drug-likeness (QED) is 0.0713. The van der Waals surface area contributed by atoms with Crippen LogP contribution in [0.4, 0.5) is 4.79 Å². The maximum atomic E-state index is 14.4. The molecule has 1 aliphatic heterocycles. The van der Waals surface area contributed by atoms with Crippen molar-refractivity contribution in [2.45, 2.75) is 70.2 Å². The van der Waals surface area contributed by atoms with Crippen LogP contribution in [0.5, 0.6) is 0 Å². The predicted molar refractivity (Wildman–Crippen MR) is 209 cm³/mol. The first-order valence-electron chi connectivity index (χ1n) is 18.1. The largest absolute Gasteiger partial charge is 0.411 e. The molecule has 2 aromatic heterocycles. The lowest BCUT2D eigenvalue weighted by molar-refractivity contribution is -0.128. The molecule has 4 aromatic rings. The molecule has 0 unspecified atom stereocenters. The van der Waals surface area contributed by atoms with Crippen molar-refractivity contribution in [1.29, 1.82) is 0 Å². The first-order chi connectivity index (χ1) is 25.9. The molecule has 5 rings (SSSR count). The minimum atomic E-state index is -4.07. The highest BCUT2D eigenvalue weighted by atomic mass is 32.2. The number of rotatable bonds is 18. The van der Waals surface area contributed by atoms with Gasteiger partial charge in [0.05, 0.1) is 41.2 Å². The van der Waals surface area contributed by atoms with Crippen LogP contribution in [0.2, 0.25) is 0 Å². The number of carbonyl (C=O) groups excluding carboxylic acids is 2. The van der Waals surface area contributed by atoms with E-state index in [1.165, 1.54) is 46.1 Å². The van der Waals surface area contributed by atoms with Crippen molar-refractivity contribution in [3.8, 4) is 10.7 Å². The van der Waals surface area contributed by atoms with Gasteiger partial charge in [-0.05, 0) is 53.6 Å². The molecule has 15 heteroatoms. The number of hydrogen-bond donors (Lipinski definition) is 3. The fourth-order valence-electron chi connectivity index (χ4n) is 6.49. The van der Waals surface area contributed by atoms with E-state index in [9.17, 15) is 23.1 Å². The molecular formula is C39H49N7O6S2. The number of nitrogens with zero attached hydrogens (tertiary/aromatic N) is 6. The second-order valence-corrected chi connectivity index (χ2v) is 16.8. The second kappa shape index (κ2) is 18.6. The van der Waals surface area contributed by atoms with E-state index in [4.69, 9.17) is 10.2 Å². The van der Waals surface area contributed by atoms with E-state index in [-0.39, 0.29) is 42.3 Å². The number of aromatic nitrogens is 2. The van der Waals surface area contributed by atoms with Gasteiger partial charge in [0, 0.05) is 37.8 Å². The number of benzene rings is 2. The summed E-state index contributed by atoms with van der Waals surface area (Å²) in [6, 6.07) is 18.9. The van der Waals surface area contributed by atoms with Crippen molar-refractivity contribution in [2.24, 2.45) is 17.0 Å². The molecule has 3 heterocycles. The summed E-state index contributed by atoms with van der Waals surface area (Å²) < 4.78 is 29.1. The molecule has 1 aliphatic rings. The lowest BCUT2D eigenvalue weighted by Crippen LogP contribution is -2.57. The van der Waals surface area contributed by atoms with Crippen LogP contribution in [0.25, 0.3) is 10.7 Å². The Hall–Kier alpha value is -4.70. The van der Waals surface area contributed by atoms with Crippen molar-refractivity contribution < 1.29 is 28.3 Å². The van der Waals surface area contributed by atoms with Crippen LogP contribution in [0.15, 0.2) is 94.4 Å². The number of aliphatic hydroxyl groups excluding tert-OH is 1. The van der Waals surface area contributed by atoms with Gasteiger partial charge in [0.15, 0.2) is 0 Å². The van der Waals surface area contributed by atoms with E-state index < -0.39 is 34.1 Å². The average molecular weight is 776 g/mol. The van der Waals surface area contributed by atoms with Crippen molar-refractivity contribution in [2.75, 3.05) is 26.2 Å². The smallest absolute Gasteiger partial charge is 0.321 e. The molecule has 0 bridgehead atoms. The molecule has 0 radical (unpaired) electrons. The minimum Gasteiger partial charge on any atom is -0.411 e. The summed E-state index contributed by atoms with van der Waals surface area (Å²) in [5, 5.41) is 29.4. The number of amides is 3. The Bertz CT molecular complexity index is 1960. The summed E-state index contributed by atoms with van der Waals surface area (Å²) in [6.07, 6.45) is 2.46. The van der Waals surface area contributed by atoms with E-state index in [1.54, 1.807) is 16.0 Å². The maximum absolute atomic E-state index is 14.4. The van der Waals surface area contributed by atoms with Crippen LogP contribution in [0, 0.1) is 11.8 Å². The minimum absolute atomic E-state index is 0.0219. The Morgan fingerprint density at radius 2 is 1.76 bits per heavy atom. The molecule has 1 fully saturated rings. The molecule has 0 saturated carbocycles. The van der Waals surface area contributed by atoms with Gasteiger partial charge in [0.2, 0.25) is 15.9 Å². The summed E-state index contributed by atoms with van der Waals surface area (Å²) in [5.41, 5.74) is 2.86. The number of aliphatic hydroxyl groups is 1. The van der Waals surface area contributed by atoms with E-state index in [1.807, 2.05) is 81.6 Å². The highest BCUT2D eigenvalue weighted by Crippen LogP contribution is 2.26. The highest BCUT2D eigenvalue weighted by Gasteiger charge is 2.41. The standard InChI is InChI=1S/C39H49N7O6S2/c1-5-28(4)36(46-20-19-44(39(46)49)24-31-26-53-38(42-31)33-13-9-10-18-40-33)37(48)43-34(21-29-11-7-6-8-12-29)35(47)25-45(23-27(2)3)54(51,52)32-16-14-30(15-17-32)22-41-50/h6-18,22,26-28,34-36,47,50H,5,19-21,23-25H2,1-4H3,(H,43,48)/b41-22+/t28-,34-,35+,36-/m0/s1. The Morgan fingerprint density at radius 3 is 2.41 bits per heavy atom. The Kier molecular flexibility index (Phi) is 13.9. The van der Waals surface area contributed by atoms with E-state index in [2.05, 4.69) is 15.5 Å². The number of thiazole rings is 1. The van der Waals surface area contributed by atoms with E-state index in [0.717, 1.165) is 22.0 Å². The number of sulfonamides is 1. The van der Waals surface area contributed by atoms with Crippen LogP contribution < -0.4 is 5.32 Å². The predicted octanol–water partition coefficient (Wildman–Crippen LogP) is 5.10. The van der Waals surface area contributed by atoms with Crippen molar-refractivity contribution in [3.05, 3.63) is 101 Å². The van der Waals surface area contributed by atoms with Crippen LogP contribution in [-0.4, -0.2) is 105 Å². The summed E-state index contributed by atoms with van der Waals surface area (Å²) >= 11 is 1.46. The molecule has 0 spiro atoms. The average Bonchev–Trinajstić information content (AvgIpc) is 3.78. The fraction of sp³-hybridized carbons (Fsp3) is 0.410. The zero-order valence-corrected chi connectivity index (χ0v) is 32.7. The van der Waals surface area contributed by atoms with Gasteiger partial charge >= 0.3 is 6.03 Å². The summed E-state index contributed by atoms with van der Waals surface area (Å²) in [6.45, 7) is 8.57. The maximum Gasteiger partial charge on any atom is 0.321 e. The van der Waals surface area contributed by atoms with Crippen molar-refractivity contribution in [1.82, 2.24) is 29.4 Å². The van der Waals surface area contributed by atoms with Crippen LogP contribution >= 0.6 is 11.3 Å². The lowest BCUT2D eigenvalue weighted by atomic mass is 9.95. The third kappa shape index (κ3) is 10.1. The lowest BCUT2D eigenvalue weighted by Gasteiger charge is -2.35. The molecule has 1 saturated heterocycles. The van der Waals surface area contributed by atoms with Crippen LogP contribution in [0.1, 0.15) is 50.9 Å².